The van der Waals surface area contributed by atoms with Crippen molar-refractivity contribution in [3.63, 3.8) is 0 Å². The van der Waals surface area contributed by atoms with Crippen molar-refractivity contribution in [2.75, 3.05) is 0 Å². The molecule has 8 aromatic rings. The Morgan fingerprint density at radius 2 is 1.24 bits per heavy atom. The maximum absolute atomic E-state index is 14.3. The van der Waals surface area contributed by atoms with Crippen LogP contribution in [0.4, 0.5) is 18.9 Å². The standard InChI is InChI=1S/C41H22F3N5/c1-24-15-26(18-28(16-24)41(42,43)44)32-21-39(48-35-9-5-3-7-30(35)33-17-25(22-45)11-13-37(33)48)27(23-46)19-40(32)49-36-10-6-4-8-31(36)34-20-29(47-2)12-14-38(34)49/h3-21H,1H3. The third kappa shape index (κ3) is 4.60. The number of aryl methyl sites for hydroxylation is 1. The average Bonchev–Trinajstić information content (AvgIpc) is 3.62. The van der Waals surface area contributed by atoms with Gasteiger partial charge in [0.05, 0.1) is 62.8 Å². The summed E-state index contributed by atoms with van der Waals surface area (Å²) in [7, 11) is 0. The molecular formula is C41H22F3N5. The molecule has 5 nitrogen and oxygen atoms in total. The SMILES string of the molecule is [C-]#[N+]c1ccc2c(c1)c1ccccc1n2-c1cc(C#N)c(-n2c3ccccc3c3cc(C#N)ccc32)cc1-c1cc(C)cc(C(F)(F)F)c1. The van der Waals surface area contributed by atoms with Gasteiger partial charge in [0, 0.05) is 21.7 Å². The molecule has 8 heteroatoms. The second kappa shape index (κ2) is 10.9. The van der Waals surface area contributed by atoms with Crippen molar-refractivity contribution in [1.82, 2.24) is 9.13 Å². The molecule has 0 spiro atoms. The number of benzene rings is 6. The number of hydrogen-bond donors (Lipinski definition) is 0. The smallest absolute Gasteiger partial charge is 0.309 e. The monoisotopic (exact) mass is 641 g/mol. The molecule has 0 fully saturated rings. The van der Waals surface area contributed by atoms with E-state index in [-0.39, 0.29) is 0 Å². The minimum Gasteiger partial charge on any atom is -0.309 e. The van der Waals surface area contributed by atoms with Gasteiger partial charge in [-0.15, -0.1) is 0 Å². The van der Waals surface area contributed by atoms with E-state index in [0.717, 1.165) is 55.7 Å². The number of rotatable bonds is 3. The predicted molar refractivity (Wildman–Crippen MR) is 186 cm³/mol. The molecule has 2 aromatic heterocycles. The molecule has 0 radical (unpaired) electrons. The Morgan fingerprint density at radius 3 is 1.88 bits per heavy atom. The fourth-order valence-corrected chi connectivity index (χ4v) is 6.96. The topological polar surface area (TPSA) is 61.8 Å². The highest BCUT2D eigenvalue weighted by Gasteiger charge is 2.31. The van der Waals surface area contributed by atoms with Crippen LogP contribution in [0.1, 0.15) is 22.3 Å². The zero-order valence-electron chi connectivity index (χ0n) is 25.8. The number of halogens is 3. The van der Waals surface area contributed by atoms with Crippen LogP contribution < -0.4 is 0 Å². The van der Waals surface area contributed by atoms with E-state index in [9.17, 15) is 23.7 Å². The predicted octanol–water partition coefficient (Wildman–Crippen LogP) is 11.2. The largest absolute Gasteiger partial charge is 0.416 e. The molecule has 6 aromatic carbocycles. The number of fused-ring (bicyclic) bond motifs is 6. The zero-order chi connectivity index (χ0) is 34.0. The van der Waals surface area contributed by atoms with Crippen molar-refractivity contribution in [1.29, 1.82) is 10.5 Å². The summed E-state index contributed by atoms with van der Waals surface area (Å²) in [6.45, 7) is 9.22. The lowest BCUT2D eigenvalue weighted by Crippen LogP contribution is -2.07. The van der Waals surface area contributed by atoms with Crippen molar-refractivity contribution < 1.29 is 13.2 Å². The van der Waals surface area contributed by atoms with Gasteiger partial charge in [0.2, 0.25) is 0 Å². The molecule has 0 aliphatic carbocycles. The molecule has 232 valence electrons. The Balaban J connectivity index is 1.54. The summed E-state index contributed by atoms with van der Waals surface area (Å²) in [5.41, 5.74) is 5.81. The Labute approximate surface area is 278 Å². The zero-order valence-corrected chi connectivity index (χ0v) is 25.8. The second-order valence-electron chi connectivity index (χ2n) is 11.9. The lowest BCUT2D eigenvalue weighted by molar-refractivity contribution is -0.137. The summed E-state index contributed by atoms with van der Waals surface area (Å²) in [5, 5.41) is 23.7. The molecule has 0 saturated heterocycles. The fourth-order valence-electron chi connectivity index (χ4n) is 6.96. The first-order chi connectivity index (χ1) is 23.7. The van der Waals surface area contributed by atoms with Crippen LogP contribution >= 0.6 is 0 Å². The van der Waals surface area contributed by atoms with Crippen molar-refractivity contribution in [3.05, 3.63) is 149 Å². The van der Waals surface area contributed by atoms with Crippen molar-refractivity contribution in [2.45, 2.75) is 13.1 Å². The summed E-state index contributed by atoms with van der Waals surface area (Å²) >= 11 is 0. The number of alkyl halides is 3. The molecule has 0 saturated carbocycles. The van der Waals surface area contributed by atoms with Crippen LogP contribution in [0.5, 0.6) is 0 Å². The summed E-state index contributed by atoms with van der Waals surface area (Å²) in [6.07, 6.45) is -4.58. The number of aromatic nitrogens is 2. The van der Waals surface area contributed by atoms with Crippen molar-refractivity contribution >= 4 is 49.3 Å². The third-order valence-corrected chi connectivity index (χ3v) is 9.02. The van der Waals surface area contributed by atoms with Crippen LogP contribution in [-0.2, 0) is 6.18 Å². The van der Waals surface area contributed by atoms with Crippen LogP contribution in [-0.4, -0.2) is 9.13 Å². The van der Waals surface area contributed by atoms with Gasteiger partial charge < -0.3 is 9.13 Å². The molecule has 0 aliphatic rings. The first kappa shape index (κ1) is 29.6. The van der Waals surface area contributed by atoms with Gasteiger partial charge in [0.1, 0.15) is 6.07 Å². The molecule has 0 aliphatic heterocycles. The molecule has 49 heavy (non-hydrogen) atoms. The number of nitriles is 2. The van der Waals surface area contributed by atoms with Crippen LogP contribution in [0, 0.1) is 36.2 Å². The summed E-state index contributed by atoms with van der Waals surface area (Å²) < 4.78 is 46.7. The van der Waals surface area contributed by atoms with Crippen molar-refractivity contribution in [3.8, 4) is 34.6 Å². The Hall–Kier alpha value is -6.82. The van der Waals surface area contributed by atoms with E-state index in [2.05, 4.69) is 17.0 Å². The molecule has 0 amide bonds. The Bertz CT molecular complexity index is 2820. The molecule has 2 heterocycles. The normalized spacial score (nSPS) is 11.6. The lowest BCUT2D eigenvalue weighted by atomic mass is 9.96. The van der Waals surface area contributed by atoms with E-state index < -0.39 is 11.7 Å². The van der Waals surface area contributed by atoms with E-state index in [0.29, 0.717) is 44.9 Å². The Kier molecular flexibility index (Phi) is 6.56. The third-order valence-electron chi connectivity index (χ3n) is 9.02. The van der Waals surface area contributed by atoms with Gasteiger partial charge in [-0.2, -0.15) is 23.7 Å². The number of hydrogen-bond acceptors (Lipinski definition) is 2. The molecule has 0 bridgehead atoms. The van der Waals surface area contributed by atoms with E-state index in [4.69, 9.17) is 6.57 Å². The molecule has 8 rings (SSSR count). The first-order valence-electron chi connectivity index (χ1n) is 15.3. The van der Waals surface area contributed by atoms with Gasteiger partial charge >= 0.3 is 6.18 Å². The molecule has 0 atom stereocenters. The summed E-state index contributed by atoms with van der Waals surface area (Å²) in [4.78, 5) is 3.62. The second-order valence-corrected chi connectivity index (χ2v) is 11.9. The molecule has 0 N–H and O–H groups in total. The Morgan fingerprint density at radius 1 is 0.633 bits per heavy atom. The van der Waals surface area contributed by atoms with Crippen LogP contribution in [0.2, 0.25) is 0 Å². The minimum atomic E-state index is -4.58. The van der Waals surface area contributed by atoms with Gasteiger partial charge in [-0.3, -0.25) is 0 Å². The van der Waals surface area contributed by atoms with Gasteiger partial charge in [-0.1, -0.05) is 48.5 Å². The van der Waals surface area contributed by atoms with E-state index >= 15 is 0 Å². The average molecular weight is 642 g/mol. The lowest BCUT2D eigenvalue weighted by Gasteiger charge is -2.20. The van der Waals surface area contributed by atoms with Crippen LogP contribution in [0.25, 0.3) is 71.0 Å². The van der Waals surface area contributed by atoms with Gasteiger partial charge in [-0.05, 0) is 90.2 Å². The van der Waals surface area contributed by atoms with Gasteiger partial charge in [-0.25, -0.2) is 4.85 Å². The fraction of sp³-hybridized carbons (Fsp3) is 0.0488. The first-order valence-corrected chi connectivity index (χ1v) is 15.3. The minimum absolute atomic E-state index is 0.304. The number of nitrogens with zero attached hydrogens (tertiary/aromatic N) is 5. The van der Waals surface area contributed by atoms with Crippen LogP contribution in [0.15, 0.2) is 115 Å². The molecular weight excluding hydrogens is 619 g/mol. The van der Waals surface area contributed by atoms with E-state index in [1.54, 1.807) is 43.3 Å². The highest BCUT2D eigenvalue weighted by Crippen LogP contribution is 2.42. The van der Waals surface area contributed by atoms with E-state index in [1.807, 2.05) is 75.9 Å². The maximum Gasteiger partial charge on any atom is 0.416 e. The quantitative estimate of drug-likeness (QED) is 0.180. The van der Waals surface area contributed by atoms with E-state index in [1.165, 1.54) is 0 Å². The summed E-state index contributed by atoms with van der Waals surface area (Å²) in [6, 6.07) is 38.1. The highest BCUT2D eigenvalue weighted by molar-refractivity contribution is 6.12. The highest BCUT2D eigenvalue weighted by atomic mass is 19.4. The van der Waals surface area contributed by atoms with Gasteiger partial charge in [0.25, 0.3) is 0 Å². The van der Waals surface area contributed by atoms with Gasteiger partial charge in [0.15, 0.2) is 5.69 Å². The molecule has 0 unspecified atom stereocenters. The maximum atomic E-state index is 14.3. The summed E-state index contributed by atoms with van der Waals surface area (Å²) in [5.74, 6) is 0. The van der Waals surface area contributed by atoms with Crippen LogP contribution in [0.3, 0.4) is 0 Å². The number of para-hydroxylation sites is 2. The van der Waals surface area contributed by atoms with Crippen molar-refractivity contribution in [2.24, 2.45) is 0 Å².